The molecule has 4 rings (SSSR count). The summed E-state index contributed by atoms with van der Waals surface area (Å²) in [7, 11) is 0. The SMILES string of the molecule is Nc1cc(-c2ccnc(Nc3ccc(N4CCOCC4)cc3)n2)ccc1Cl. The zero-order valence-corrected chi connectivity index (χ0v) is 15.5. The number of hydrogen-bond donors (Lipinski definition) is 2. The van der Waals surface area contributed by atoms with Crippen LogP contribution in [0.3, 0.4) is 0 Å². The highest BCUT2D eigenvalue weighted by Crippen LogP contribution is 2.26. The first-order valence-corrected chi connectivity index (χ1v) is 9.15. The van der Waals surface area contributed by atoms with Gasteiger partial charge in [0.15, 0.2) is 0 Å². The first-order valence-electron chi connectivity index (χ1n) is 8.77. The Morgan fingerprint density at radius 1 is 1.04 bits per heavy atom. The fourth-order valence-electron chi connectivity index (χ4n) is 2.99. The summed E-state index contributed by atoms with van der Waals surface area (Å²) in [5.74, 6) is 0.528. The van der Waals surface area contributed by atoms with Crippen LogP contribution in [0.2, 0.25) is 5.02 Å². The maximum atomic E-state index is 6.00. The second-order valence-corrected chi connectivity index (χ2v) is 6.68. The van der Waals surface area contributed by atoms with Crippen molar-refractivity contribution in [1.29, 1.82) is 0 Å². The number of nitrogens with one attached hydrogen (secondary N) is 1. The van der Waals surface area contributed by atoms with Gasteiger partial charge >= 0.3 is 0 Å². The molecule has 3 aromatic rings. The van der Waals surface area contributed by atoms with E-state index >= 15 is 0 Å². The summed E-state index contributed by atoms with van der Waals surface area (Å²) < 4.78 is 5.40. The third kappa shape index (κ3) is 4.13. The molecule has 0 unspecified atom stereocenters. The van der Waals surface area contributed by atoms with Crippen LogP contribution in [0.5, 0.6) is 0 Å². The number of nitrogens with zero attached hydrogens (tertiary/aromatic N) is 3. The third-order valence-electron chi connectivity index (χ3n) is 4.45. The fraction of sp³-hybridized carbons (Fsp3) is 0.200. The van der Waals surface area contributed by atoms with Crippen LogP contribution in [0.4, 0.5) is 23.0 Å². The van der Waals surface area contributed by atoms with E-state index in [1.165, 1.54) is 5.69 Å². The van der Waals surface area contributed by atoms with Gasteiger partial charge in [0.25, 0.3) is 0 Å². The van der Waals surface area contributed by atoms with Crippen molar-refractivity contribution in [3.05, 3.63) is 59.8 Å². The van der Waals surface area contributed by atoms with Crippen LogP contribution < -0.4 is 16.0 Å². The first-order chi connectivity index (χ1) is 13.2. The number of anilines is 4. The van der Waals surface area contributed by atoms with Gasteiger partial charge in [0.1, 0.15) is 0 Å². The van der Waals surface area contributed by atoms with Gasteiger partial charge in [0, 0.05) is 36.2 Å². The topological polar surface area (TPSA) is 76.3 Å². The lowest BCUT2D eigenvalue weighted by molar-refractivity contribution is 0.122. The molecule has 0 spiro atoms. The van der Waals surface area contributed by atoms with Crippen molar-refractivity contribution in [1.82, 2.24) is 9.97 Å². The van der Waals surface area contributed by atoms with Crippen LogP contribution in [-0.2, 0) is 4.74 Å². The van der Waals surface area contributed by atoms with E-state index in [9.17, 15) is 0 Å². The summed E-state index contributed by atoms with van der Waals surface area (Å²) in [6.07, 6.45) is 1.72. The molecule has 138 valence electrons. The molecule has 2 heterocycles. The van der Waals surface area contributed by atoms with Crippen molar-refractivity contribution in [3.63, 3.8) is 0 Å². The minimum Gasteiger partial charge on any atom is -0.398 e. The van der Waals surface area contributed by atoms with Gasteiger partial charge < -0.3 is 20.7 Å². The van der Waals surface area contributed by atoms with Crippen LogP contribution in [0.25, 0.3) is 11.3 Å². The molecule has 0 aliphatic carbocycles. The molecule has 0 atom stereocenters. The van der Waals surface area contributed by atoms with Gasteiger partial charge in [-0.05, 0) is 42.5 Å². The second kappa shape index (κ2) is 7.82. The predicted molar refractivity (Wildman–Crippen MR) is 110 cm³/mol. The number of rotatable bonds is 4. The lowest BCUT2D eigenvalue weighted by atomic mass is 10.1. The van der Waals surface area contributed by atoms with Crippen molar-refractivity contribution in [2.24, 2.45) is 0 Å². The summed E-state index contributed by atoms with van der Waals surface area (Å²) in [6, 6.07) is 15.6. The normalized spacial score (nSPS) is 14.2. The Kier molecular flexibility index (Phi) is 5.09. The van der Waals surface area contributed by atoms with Crippen molar-refractivity contribution in [3.8, 4) is 11.3 Å². The summed E-state index contributed by atoms with van der Waals surface area (Å²) in [5, 5.41) is 3.78. The molecule has 6 nitrogen and oxygen atoms in total. The molecule has 27 heavy (non-hydrogen) atoms. The molecular formula is C20H20ClN5O. The smallest absolute Gasteiger partial charge is 0.227 e. The summed E-state index contributed by atoms with van der Waals surface area (Å²) >= 11 is 6.00. The van der Waals surface area contributed by atoms with E-state index in [4.69, 9.17) is 22.1 Å². The average molecular weight is 382 g/mol. The van der Waals surface area contributed by atoms with Crippen molar-refractivity contribution in [2.45, 2.75) is 0 Å². The molecule has 2 aromatic carbocycles. The van der Waals surface area contributed by atoms with Crippen molar-refractivity contribution < 1.29 is 4.74 Å². The van der Waals surface area contributed by atoms with Gasteiger partial charge in [0.05, 0.1) is 29.6 Å². The van der Waals surface area contributed by atoms with E-state index in [2.05, 4.69) is 32.3 Å². The zero-order chi connectivity index (χ0) is 18.6. The van der Waals surface area contributed by atoms with Gasteiger partial charge in [-0.2, -0.15) is 0 Å². The van der Waals surface area contributed by atoms with Crippen LogP contribution in [0.15, 0.2) is 54.7 Å². The standard InChI is InChI=1S/C20H20ClN5O/c21-17-6-1-14(13-18(17)22)19-7-8-23-20(25-19)24-15-2-4-16(5-3-15)26-9-11-27-12-10-26/h1-8,13H,9-12,22H2,(H,23,24,25). The number of hydrogen-bond acceptors (Lipinski definition) is 6. The van der Waals surface area contributed by atoms with Crippen LogP contribution in [0.1, 0.15) is 0 Å². The second-order valence-electron chi connectivity index (χ2n) is 6.27. The Hall–Kier alpha value is -2.83. The highest BCUT2D eigenvalue weighted by Gasteiger charge is 2.11. The van der Waals surface area contributed by atoms with E-state index < -0.39 is 0 Å². The lowest BCUT2D eigenvalue weighted by Gasteiger charge is -2.28. The number of aromatic nitrogens is 2. The Labute approximate surface area is 163 Å². The first kappa shape index (κ1) is 17.6. The fourth-order valence-corrected chi connectivity index (χ4v) is 3.11. The Morgan fingerprint density at radius 2 is 1.81 bits per heavy atom. The third-order valence-corrected chi connectivity index (χ3v) is 4.79. The van der Waals surface area contributed by atoms with Gasteiger partial charge in [-0.3, -0.25) is 0 Å². The highest BCUT2D eigenvalue weighted by molar-refractivity contribution is 6.33. The molecule has 1 aliphatic rings. The van der Waals surface area contributed by atoms with Crippen LogP contribution in [-0.4, -0.2) is 36.3 Å². The molecule has 7 heteroatoms. The van der Waals surface area contributed by atoms with Gasteiger partial charge in [0.2, 0.25) is 5.95 Å². The average Bonchev–Trinajstić information content (AvgIpc) is 2.71. The zero-order valence-electron chi connectivity index (χ0n) is 14.7. The Bertz CT molecular complexity index is 926. The number of nitrogens with two attached hydrogens (primary N) is 1. The molecule has 0 bridgehead atoms. The van der Waals surface area contributed by atoms with Crippen molar-refractivity contribution in [2.75, 3.05) is 42.3 Å². The maximum Gasteiger partial charge on any atom is 0.227 e. The van der Waals surface area contributed by atoms with E-state index in [0.29, 0.717) is 16.7 Å². The maximum absolute atomic E-state index is 6.00. The number of morpholine rings is 1. The summed E-state index contributed by atoms with van der Waals surface area (Å²) in [4.78, 5) is 11.2. The molecule has 0 saturated carbocycles. The number of halogens is 1. The van der Waals surface area contributed by atoms with E-state index in [1.807, 2.05) is 30.3 Å². The highest BCUT2D eigenvalue weighted by atomic mass is 35.5. The number of nitrogen functional groups attached to an aromatic ring is 1. The van der Waals surface area contributed by atoms with Gasteiger partial charge in [-0.15, -0.1) is 0 Å². The van der Waals surface area contributed by atoms with E-state index in [1.54, 1.807) is 12.3 Å². The molecule has 1 aliphatic heterocycles. The molecule has 1 fully saturated rings. The number of benzene rings is 2. The summed E-state index contributed by atoms with van der Waals surface area (Å²) in [5.41, 5.74) is 10.2. The van der Waals surface area contributed by atoms with Gasteiger partial charge in [-0.25, -0.2) is 9.97 Å². The monoisotopic (exact) mass is 381 g/mol. The van der Waals surface area contributed by atoms with E-state index in [-0.39, 0.29) is 0 Å². The van der Waals surface area contributed by atoms with E-state index in [0.717, 1.165) is 43.2 Å². The summed E-state index contributed by atoms with van der Waals surface area (Å²) in [6.45, 7) is 3.38. The molecule has 1 aromatic heterocycles. The Morgan fingerprint density at radius 3 is 2.56 bits per heavy atom. The van der Waals surface area contributed by atoms with Crippen LogP contribution in [0, 0.1) is 0 Å². The molecule has 3 N–H and O–H groups in total. The minimum absolute atomic E-state index is 0.528. The molecule has 1 saturated heterocycles. The van der Waals surface area contributed by atoms with Gasteiger partial charge in [-0.1, -0.05) is 17.7 Å². The molecule has 0 radical (unpaired) electrons. The molecular weight excluding hydrogens is 362 g/mol. The largest absolute Gasteiger partial charge is 0.398 e. The van der Waals surface area contributed by atoms with Crippen LogP contribution >= 0.6 is 11.6 Å². The Balaban J connectivity index is 1.50. The minimum atomic E-state index is 0.528. The lowest BCUT2D eigenvalue weighted by Crippen LogP contribution is -2.36. The number of ether oxygens (including phenoxy) is 1. The van der Waals surface area contributed by atoms with Crippen molar-refractivity contribution >= 4 is 34.6 Å². The quantitative estimate of drug-likeness (QED) is 0.666. The predicted octanol–water partition coefficient (Wildman–Crippen LogP) is 3.96. The molecule has 0 amide bonds.